The second-order valence-electron chi connectivity index (χ2n) is 4.40. The maximum atomic E-state index is 11.1. The lowest BCUT2D eigenvalue weighted by Gasteiger charge is -2.08. The van der Waals surface area contributed by atoms with Crippen molar-refractivity contribution in [1.82, 2.24) is 4.57 Å². The van der Waals surface area contributed by atoms with Crippen LogP contribution < -0.4 is 0 Å². The minimum atomic E-state index is -0.137. The predicted molar refractivity (Wildman–Crippen MR) is 72.6 cm³/mol. The zero-order chi connectivity index (χ0) is 13.0. The molecule has 1 aromatic carbocycles. The second kappa shape index (κ2) is 5.71. The molecule has 2 rings (SSSR count). The van der Waals surface area contributed by atoms with E-state index >= 15 is 0 Å². The van der Waals surface area contributed by atoms with Crippen LogP contribution in [0.3, 0.4) is 0 Å². The number of esters is 1. The fourth-order valence-corrected chi connectivity index (χ4v) is 2.31. The lowest BCUT2D eigenvalue weighted by atomic mass is 10.1. The van der Waals surface area contributed by atoms with Gasteiger partial charge in [0.1, 0.15) is 0 Å². The highest BCUT2D eigenvalue weighted by atomic mass is 16.5. The minimum absolute atomic E-state index is 0.137. The molecular weight excluding hydrogens is 226 g/mol. The Balaban J connectivity index is 2.16. The van der Waals surface area contributed by atoms with E-state index in [1.54, 1.807) is 0 Å². The van der Waals surface area contributed by atoms with E-state index in [9.17, 15) is 4.79 Å². The van der Waals surface area contributed by atoms with Gasteiger partial charge in [0.15, 0.2) is 0 Å². The van der Waals surface area contributed by atoms with E-state index < -0.39 is 0 Å². The van der Waals surface area contributed by atoms with Crippen LogP contribution in [0.4, 0.5) is 0 Å². The van der Waals surface area contributed by atoms with E-state index in [1.807, 2.05) is 0 Å². The van der Waals surface area contributed by atoms with Gasteiger partial charge in [0.25, 0.3) is 0 Å². The van der Waals surface area contributed by atoms with E-state index in [0.717, 1.165) is 19.4 Å². The number of hydrogen-bond donors (Lipinski definition) is 0. The standard InChI is InChI=1S/C15H19NO2/c1-3-12-6-4-7-13-9-11-16(15(12)13)10-5-8-14(17)18-2/h4,6-7,9,11H,3,5,8,10H2,1-2H3. The summed E-state index contributed by atoms with van der Waals surface area (Å²) in [5.41, 5.74) is 2.65. The van der Waals surface area contributed by atoms with Gasteiger partial charge < -0.3 is 9.30 Å². The van der Waals surface area contributed by atoms with Crippen molar-refractivity contribution in [3.05, 3.63) is 36.0 Å². The van der Waals surface area contributed by atoms with Crippen LogP contribution in [0, 0.1) is 0 Å². The number of aromatic nitrogens is 1. The lowest BCUT2D eigenvalue weighted by Crippen LogP contribution is -2.04. The molecule has 3 nitrogen and oxygen atoms in total. The zero-order valence-electron chi connectivity index (χ0n) is 11.0. The monoisotopic (exact) mass is 245 g/mol. The average Bonchev–Trinajstić information content (AvgIpc) is 2.82. The molecule has 0 bridgehead atoms. The highest BCUT2D eigenvalue weighted by Crippen LogP contribution is 2.21. The summed E-state index contributed by atoms with van der Waals surface area (Å²) in [6, 6.07) is 8.52. The van der Waals surface area contributed by atoms with Crippen LogP contribution in [0.2, 0.25) is 0 Å². The Morgan fingerprint density at radius 3 is 2.89 bits per heavy atom. The average molecular weight is 245 g/mol. The second-order valence-corrected chi connectivity index (χ2v) is 4.40. The van der Waals surface area contributed by atoms with Gasteiger partial charge in [-0.2, -0.15) is 0 Å². The number of carbonyl (C=O) groups excluding carboxylic acids is 1. The van der Waals surface area contributed by atoms with Gasteiger partial charge in [-0.15, -0.1) is 0 Å². The first-order valence-electron chi connectivity index (χ1n) is 6.39. The normalized spacial score (nSPS) is 10.8. The third kappa shape index (κ3) is 2.55. The van der Waals surface area contributed by atoms with Crippen molar-refractivity contribution in [3.8, 4) is 0 Å². The summed E-state index contributed by atoms with van der Waals surface area (Å²) in [6.07, 6.45) is 4.42. The Morgan fingerprint density at radius 1 is 1.33 bits per heavy atom. The number of para-hydroxylation sites is 1. The highest BCUT2D eigenvalue weighted by molar-refractivity contribution is 5.83. The third-order valence-electron chi connectivity index (χ3n) is 3.26. The number of hydrogen-bond acceptors (Lipinski definition) is 2. The number of aryl methyl sites for hydroxylation is 2. The number of fused-ring (bicyclic) bond motifs is 1. The lowest BCUT2D eigenvalue weighted by molar-refractivity contribution is -0.140. The largest absolute Gasteiger partial charge is 0.469 e. The Bertz CT molecular complexity index is 542. The van der Waals surface area contributed by atoms with Crippen LogP contribution in [-0.2, 0) is 22.5 Å². The quantitative estimate of drug-likeness (QED) is 0.758. The number of nitrogens with zero attached hydrogens (tertiary/aromatic N) is 1. The number of carbonyl (C=O) groups is 1. The first-order valence-corrected chi connectivity index (χ1v) is 6.39. The van der Waals surface area contributed by atoms with Gasteiger partial charge in [-0.1, -0.05) is 25.1 Å². The van der Waals surface area contributed by atoms with Crippen molar-refractivity contribution in [2.75, 3.05) is 7.11 Å². The topological polar surface area (TPSA) is 31.2 Å². The molecule has 0 unspecified atom stereocenters. The van der Waals surface area contributed by atoms with Gasteiger partial charge in [-0.25, -0.2) is 0 Å². The van der Waals surface area contributed by atoms with Gasteiger partial charge in [-0.3, -0.25) is 4.79 Å². The first kappa shape index (κ1) is 12.7. The molecule has 0 N–H and O–H groups in total. The molecule has 0 aliphatic heterocycles. The summed E-state index contributed by atoms with van der Waals surface area (Å²) in [6.45, 7) is 3.02. The summed E-state index contributed by atoms with van der Waals surface area (Å²) in [4.78, 5) is 11.1. The van der Waals surface area contributed by atoms with Crippen LogP contribution in [0.1, 0.15) is 25.3 Å². The van der Waals surface area contributed by atoms with Crippen molar-refractivity contribution in [2.24, 2.45) is 0 Å². The summed E-state index contributed by atoms with van der Waals surface area (Å²) in [5.74, 6) is -0.137. The van der Waals surface area contributed by atoms with E-state index in [0.29, 0.717) is 6.42 Å². The maximum Gasteiger partial charge on any atom is 0.305 e. The molecule has 0 radical (unpaired) electrons. The molecule has 0 saturated carbocycles. The molecule has 1 aromatic heterocycles. The SMILES string of the molecule is CCc1cccc2ccn(CCCC(=O)OC)c12. The Hall–Kier alpha value is -1.77. The van der Waals surface area contributed by atoms with Gasteiger partial charge in [0, 0.05) is 19.2 Å². The Labute approximate surface area is 107 Å². The molecule has 0 amide bonds. The van der Waals surface area contributed by atoms with Crippen LogP contribution in [0.5, 0.6) is 0 Å². The van der Waals surface area contributed by atoms with Gasteiger partial charge in [-0.05, 0) is 29.9 Å². The fourth-order valence-electron chi connectivity index (χ4n) is 2.31. The molecule has 0 saturated heterocycles. The zero-order valence-corrected chi connectivity index (χ0v) is 11.0. The molecule has 0 aliphatic carbocycles. The molecule has 2 aromatic rings. The molecule has 0 aliphatic rings. The summed E-state index contributed by atoms with van der Waals surface area (Å²) in [5, 5.41) is 1.27. The van der Waals surface area contributed by atoms with Crippen molar-refractivity contribution in [1.29, 1.82) is 0 Å². The van der Waals surface area contributed by atoms with E-state index in [1.165, 1.54) is 23.6 Å². The number of methoxy groups -OCH3 is 1. The minimum Gasteiger partial charge on any atom is -0.469 e. The number of ether oxygens (including phenoxy) is 1. The molecular formula is C15H19NO2. The van der Waals surface area contributed by atoms with Crippen LogP contribution in [0.25, 0.3) is 10.9 Å². The fraction of sp³-hybridized carbons (Fsp3) is 0.400. The van der Waals surface area contributed by atoms with E-state index in [2.05, 4.69) is 46.7 Å². The van der Waals surface area contributed by atoms with Gasteiger partial charge in [0.05, 0.1) is 12.6 Å². The smallest absolute Gasteiger partial charge is 0.305 e. The molecule has 0 atom stereocenters. The summed E-state index contributed by atoms with van der Waals surface area (Å²) < 4.78 is 6.89. The molecule has 1 heterocycles. The van der Waals surface area contributed by atoms with Crippen LogP contribution in [0.15, 0.2) is 30.5 Å². The summed E-state index contributed by atoms with van der Waals surface area (Å²) in [7, 11) is 1.43. The Morgan fingerprint density at radius 2 is 2.17 bits per heavy atom. The predicted octanol–water partition coefficient (Wildman–Crippen LogP) is 3.16. The Kier molecular flexibility index (Phi) is 4.03. The van der Waals surface area contributed by atoms with Crippen molar-refractivity contribution < 1.29 is 9.53 Å². The van der Waals surface area contributed by atoms with Gasteiger partial charge >= 0.3 is 5.97 Å². The first-order chi connectivity index (χ1) is 8.76. The number of benzene rings is 1. The molecule has 18 heavy (non-hydrogen) atoms. The maximum absolute atomic E-state index is 11.1. The van der Waals surface area contributed by atoms with Crippen molar-refractivity contribution in [3.63, 3.8) is 0 Å². The van der Waals surface area contributed by atoms with Gasteiger partial charge in [0.2, 0.25) is 0 Å². The van der Waals surface area contributed by atoms with Crippen LogP contribution in [-0.4, -0.2) is 17.6 Å². The molecule has 3 heteroatoms. The molecule has 0 fully saturated rings. The molecule has 96 valence electrons. The summed E-state index contributed by atoms with van der Waals surface area (Å²) >= 11 is 0. The van der Waals surface area contributed by atoms with E-state index in [4.69, 9.17) is 0 Å². The number of rotatable bonds is 5. The van der Waals surface area contributed by atoms with Crippen LogP contribution >= 0.6 is 0 Å². The molecule has 0 spiro atoms. The van der Waals surface area contributed by atoms with Crippen molar-refractivity contribution in [2.45, 2.75) is 32.7 Å². The highest BCUT2D eigenvalue weighted by Gasteiger charge is 2.06. The van der Waals surface area contributed by atoms with Crippen molar-refractivity contribution >= 4 is 16.9 Å². The third-order valence-corrected chi connectivity index (χ3v) is 3.26. The van der Waals surface area contributed by atoms with E-state index in [-0.39, 0.29) is 5.97 Å².